The summed E-state index contributed by atoms with van der Waals surface area (Å²) in [4.78, 5) is 24.8. The number of aromatic amines is 1. The molecule has 4 nitrogen and oxygen atoms in total. The summed E-state index contributed by atoms with van der Waals surface area (Å²) in [5, 5.41) is 0.575. The van der Waals surface area contributed by atoms with Gasteiger partial charge in [0.15, 0.2) is 5.43 Å². The standard InChI is InChI=1S/C19H13N3O/c23-18-15-9-5-11-21-19(15)22-17(13-6-2-1-3-7-13)16(18)14-8-4-10-20-12-14/h1-12H,(H,21,22,23). The molecule has 0 saturated heterocycles. The molecule has 3 heterocycles. The predicted molar refractivity (Wildman–Crippen MR) is 91.0 cm³/mol. The maximum absolute atomic E-state index is 13.0. The van der Waals surface area contributed by atoms with Crippen LogP contribution in [-0.2, 0) is 0 Å². The van der Waals surface area contributed by atoms with Crippen molar-refractivity contribution in [3.05, 3.63) is 83.4 Å². The predicted octanol–water partition coefficient (Wildman–Crippen LogP) is 3.65. The van der Waals surface area contributed by atoms with E-state index in [9.17, 15) is 4.79 Å². The number of rotatable bonds is 2. The number of hydrogen-bond donors (Lipinski definition) is 1. The van der Waals surface area contributed by atoms with Crippen LogP contribution in [0.2, 0.25) is 0 Å². The Morgan fingerprint density at radius 1 is 0.826 bits per heavy atom. The molecule has 4 aromatic rings. The lowest BCUT2D eigenvalue weighted by atomic mass is 9.99. The van der Waals surface area contributed by atoms with Crippen LogP contribution in [0, 0.1) is 0 Å². The minimum atomic E-state index is -0.0429. The molecule has 23 heavy (non-hydrogen) atoms. The first kappa shape index (κ1) is 13.4. The molecule has 110 valence electrons. The number of H-pyrrole nitrogens is 1. The zero-order chi connectivity index (χ0) is 15.6. The van der Waals surface area contributed by atoms with Crippen LogP contribution in [0.5, 0.6) is 0 Å². The van der Waals surface area contributed by atoms with E-state index < -0.39 is 0 Å². The van der Waals surface area contributed by atoms with Crippen LogP contribution >= 0.6 is 0 Å². The molecule has 0 spiro atoms. The van der Waals surface area contributed by atoms with Gasteiger partial charge < -0.3 is 4.98 Å². The summed E-state index contributed by atoms with van der Waals surface area (Å²) in [7, 11) is 0. The molecule has 0 aliphatic rings. The molecule has 1 aromatic carbocycles. The van der Waals surface area contributed by atoms with Crippen molar-refractivity contribution in [1.82, 2.24) is 15.0 Å². The van der Waals surface area contributed by atoms with Crippen molar-refractivity contribution in [2.45, 2.75) is 0 Å². The van der Waals surface area contributed by atoms with Crippen LogP contribution in [0.15, 0.2) is 78.0 Å². The van der Waals surface area contributed by atoms with E-state index in [1.54, 1.807) is 30.7 Å². The van der Waals surface area contributed by atoms with Crippen LogP contribution < -0.4 is 5.43 Å². The Hall–Kier alpha value is -3.27. The van der Waals surface area contributed by atoms with Gasteiger partial charge in [0.05, 0.1) is 16.6 Å². The van der Waals surface area contributed by atoms with Gasteiger partial charge in [-0.3, -0.25) is 9.78 Å². The van der Waals surface area contributed by atoms with Gasteiger partial charge >= 0.3 is 0 Å². The molecule has 0 fully saturated rings. The lowest BCUT2D eigenvalue weighted by Gasteiger charge is -2.11. The molecule has 0 amide bonds. The minimum absolute atomic E-state index is 0.0429. The van der Waals surface area contributed by atoms with Gasteiger partial charge in [0.25, 0.3) is 0 Å². The van der Waals surface area contributed by atoms with E-state index in [0.717, 1.165) is 16.8 Å². The van der Waals surface area contributed by atoms with Gasteiger partial charge in [-0.2, -0.15) is 0 Å². The van der Waals surface area contributed by atoms with E-state index in [-0.39, 0.29) is 5.43 Å². The van der Waals surface area contributed by atoms with Gasteiger partial charge in [-0.25, -0.2) is 4.98 Å². The number of benzene rings is 1. The molecule has 0 unspecified atom stereocenters. The highest BCUT2D eigenvalue weighted by atomic mass is 16.1. The maximum atomic E-state index is 13.0. The van der Waals surface area contributed by atoms with Crippen molar-refractivity contribution in [3.8, 4) is 22.4 Å². The van der Waals surface area contributed by atoms with Crippen molar-refractivity contribution in [3.63, 3.8) is 0 Å². The number of nitrogens with one attached hydrogen (secondary N) is 1. The SMILES string of the molecule is O=c1c(-c2cccnc2)c(-c2ccccc2)[nH]c2ncccc12. The molecule has 0 bridgehead atoms. The molecule has 0 saturated carbocycles. The van der Waals surface area contributed by atoms with Gasteiger partial charge in [0.1, 0.15) is 5.65 Å². The molecule has 0 aliphatic carbocycles. The Kier molecular flexibility index (Phi) is 3.20. The second-order valence-electron chi connectivity index (χ2n) is 5.21. The number of nitrogens with zero attached hydrogens (tertiary/aromatic N) is 2. The Balaban J connectivity index is 2.14. The second kappa shape index (κ2) is 5.50. The van der Waals surface area contributed by atoms with Gasteiger partial charge in [-0.05, 0) is 23.8 Å². The highest BCUT2D eigenvalue weighted by Crippen LogP contribution is 2.28. The topological polar surface area (TPSA) is 58.6 Å². The fourth-order valence-corrected chi connectivity index (χ4v) is 2.72. The van der Waals surface area contributed by atoms with Crippen molar-refractivity contribution in [1.29, 1.82) is 0 Å². The monoisotopic (exact) mass is 299 g/mol. The molecule has 4 rings (SSSR count). The summed E-state index contributed by atoms with van der Waals surface area (Å²) in [6.07, 6.45) is 5.08. The van der Waals surface area contributed by atoms with E-state index >= 15 is 0 Å². The number of hydrogen-bond acceptors (Lipinski definition) is 3. The van der Waals surface area contributed by atoms with E-state index in [0.29, 0.717) is 16.6 Å². The highest BCUT2D eigenvalue weighted by molar-refractivity contribution is 5.89. The molecular weight excluding hydrogens is 286 g/mol. The Morgan fingerprint density at radius 2 is 1.61 bits per heavy atom. The van der Waals surface area contributed by atoms with Crippen molar-refractivity contribution < 1.29 is 0 Å². The van der Waals surface area contributed by atoms with Crippen molar-refractivity contribution in [2.24, 2.45) is 0 Å². The number of fused-ring (bicyclic) bond motifs is 1. The summed E-state index contributed by atoms with van der Waals surface area (Å²) in [5.41, 5.74) is 3.65. The van der Waals surface area contributed by atoms with Crippen LogP contribution in [0.4, 0.5) is 0 Å². The molecule has 4 heteroatoms. The fourth-order valence-electron chi connectivity index (χ4n) is 2.72. The first-order valence-electron chi connectivity index (χ1n) is 7.31. The summed E-state index contributed by atoms with van der Waals surface area (Å²) in [5.74, 6) is 0. The van der Waals surface area contributed by atoms with Crippen LogP contribution in [0.25, 0.3) is 33.4 Å². The summed E-state index contributed by atoms with van der Waals surface area (Å²) < 4.78 is 0. The number of aromatic nitrogens is 3. The lowest BCUT2D eigenvalue weighted by molar-refractivity contribution is 1.27. The average molecular weight is 299 g/mol. The molecule has 1 N–H and O–H groups in total. The van der Waals surface area contributed by atoms with Gasteiger partial charge in [-0.15, -0.1) is 0 Å². The van der Waals surface area contributed by atoms with E-state index in [2.05, 4.69) is 15.0 Å². The van der Waals surface area contributed by atoms with Crippen molar-refractivity contribution in [2.75, 3.05) is 0 Å². The number of pyridine rings is 3. The second-order valence-corrected chi connectivity index (χ2v) is 5.21. The van der Waals surface area contributed by atoms with Crippen LogP contribution in [0.1, 0.15) is 0 Å². The zero-order valence-electron chi connectivity index (χ0n) is 12.2. The third-order valence-electron chi connectivity index (χ3n) is 3.79. The third kappa shape index (κ3) is 2.30. The highest BCUT2D eigenvalue weighted by Gasteiger charge is 2.15. The largest absolute Gasteiger partial charge is 0.339 e. The van der Waals surface area contributed by atoms with Crippen molar-refractivity contribution >= 4 is 11.0 Å². The first-order chi connectivity index (χ1) is 11.3. The normalized spacial score (nSPS) is 10.8. The molecule has 0 atom stereocenters. The molecule has 0 aliphatic heterocycles. The smallest absolute Gasteiger partial charge is 0.199 e. The molecular formula is C19H13N3O. The van der Waals surface area contributed by atoms with E-state index in [1.165, 1.54) is 0 Å². The fraction of sp³-hybridized carbons (Fsp3) is 0. The average Bonchev–Trinajstić information content (AvgIpc) is 2.63. The van der Waals surface area contributed by atoms with E-state index in [4.69, 9.17) is 0 Å². The third-order valence-corrected chi connectivity index (χ3v) is 3.79. The van der Waals surface area contributed by atoms with Crippen LogP contribution in [0.3, 0.4) is 0 Å². The Morgan fingerprint density at radius 3 is 2.39 bits per heavy atom. The maximum Gasteiger partial charge on any atom is 0.199 e. The van der Waals surface area contributed by atoms with E-state index in [1.807, 2.05) is 42.5 Å². The molecule has 0 radical (unpaired) electrons. The van der Waals surface area contributed by atoms with Gasteiger partial charge in [-0.1, -0.05) is 36.4 Å². The summed E-state index contributed by atoms with van der Waals surface area (Å²) >= 11 is 0. The molecule has 3 aromatic heterocycles. The summed E-state index contributed by atoms with van der Waals surface area (Å²) in [6.45, 7) is 0. The zero-order valence-corrected chi connectivity index (χ0v) is 12.2. The Labute approximate surface area is 132 Å². The lowest BCUT2D eigenvalue weighted by Crippen LogP contribution is -2.10. The van der Waals surface area contributed by atoms with Gasteiger partial charge in [0, 0.05) is 24.2 Å². The van der Waals surface area contributed by atoms with Gasteiger partial charge in [0.2, 0.25) is 0 Å². The quantitative estimate of drug-likeness (QED) is 0.614. The summed E-state index contributed by atoms with van der Waals surface area (Å²) in [6, 6.07) is 17.1. The Bertz CT molecular complexity index is 1020. The van der Waals surface area contributed by atoms with Crippen LogP contribution in [-0.4, -0.2) is 15.0 Å². The minimum Gasteiger partial charge on any atom is -0.339 e. The first-order valence-corrected chi connectivity index (χ1v) is 7.31.